The van der Waals surface area contributed by atoms with Crippen molar-refractivity contribution in [2.45, 2.75) is 6.92 Å². The van der Waals surface area contributed by atoms with E-state index in [1.54, 1.807) is 0 Å². The van der Waals surface area contributed by atoms with Crippen molar-refractivity contribution < 1.29 is 27.4 Å². The maximum absolute atomic E-state index is 9.00. The first-order valence-electron chi connectivity index (χ1n) is 1.63. The van der Waals surface area contributed by atoms with Gasteiger partial charge in [0.2, 0.25) is 0 Å². The van der Waals surface area contributed by atoms with Gasteiger partial charge in [-0.15, -0.1) is 0 Å². The maximum atomic E-state index is 9.00. The molecule has 0 aliphatic heterocycles. The van der Waals surface area contributed by atoms with E-state index in [2.05, 4.69) is 0 Å². The van der Waals surface area contributed by atoms with Crippen LogP contribution in [0, 0.1) is 0 Å². The van der Waals surface area contributed by atoms with Crippen LogP contribution >= 0.6 is 0 Å². The Labute approximate surface area is 152 Å². The molecule has 12 heavy (non-hydrogen) atoms. The van der Waals surface area contributed by atoms with Gasteiger partial charge >= 0.3 is 115 Å². The molecule has 10 heteroatoms. The van der Waals surface area contributed by atoms with Crippen LogP contribution in [-0.2, 0) is 15.2 Å². The van der Waals surface area contributed by atoms with Gasteiger partial charge in [0, 0.05) is 6.92 Å². The molecule has 0 unspecified atom stereocenters. The van der Waals surface area contributed by atoms with E-state index in [-0.39, 0.29) is 105 Å². The van der Waals surface area contributed by atoms with Crippen molar-refractivity contribution >= 4 is 121 Å². The van der Waals surface area contributed by atoms with Crippen LogP contribution < -0.4 is 0 Å². The fourth-order valence-electron chi connectivity index (χ4n) is 0. The predicted molar refractivity (Wildman–Crippen MR) is 50.3 cm³/mol. The van der Waals surface area contributed by atoms with Gasteiger partial charge in [-0.3, -0.25) is 13.9 Å². The molecule has 0 saturated heterocycles. The Morgan fingerprint density at radius 2 is 1.17 bits per heavy atom. The summed E-state index contributed by atoms with van der Waals surface area (Å²) in [5.41, 5.74) is 0. The van der Waals surface area contributed by atoms with E-state index in [4.69, 9.17) is 27.4 Å². The third-order valence-electron chi connectivity index (χ3n) is 0. The Morgan fingerprint density at radius 3 is 1.17 bits per heavy atom. The Morgan fingerprint density at radius 1 is 1.17 bits per heavy atom. The molecule has 64 valence electrons. The fraction of sp³-hybridized carbons (Fsp3) is 0.500. The van der Waals surface area contributed by atoms with Crippen LogP contribution in [0.25, 0.3) is 0 Å². The second-order valence-electron chi connectivity index (χ2n) is 0.967. The first kappa shape index (κ1) is 29.4. The van der Waals surface area contributed by atoms with Crippen molar-refractivity contribution in [1.82, 2.24) is 0 Å². The van der Waals surface area contributed by atoms with Gasteiger partial charge in [-0.05, 0) is 0 Å². The summed E-state index contributed by atoms with van der Waals surface area (Å²) in [6.45, 7) is 1.08. The van der Waals surface area contributed by atoms with Crippen LogP contribution in [-0.4, -0.2) is 133 Å². The summed E-state index contributed by atoms with van der Waals surface area (Å²) in [5, 5.41) is 7.42. The predicted octanol–water partition coefficient (Wildman–Crippen LogP) is -2.78. The summed E-state index contributed by atoms with van der Waals surface area (Å²) in [6, 6.07) is 0. The number of rotatable bonds is 0. The normalized spacial score (nSPS) is 6.92. The zero-order valence-corrected chi connectivity index (χ0v) is 5.29. The van der Waals surface area contributed by atoms with Crippen LogP contribution in [0.3, 0.4) is 0 Å². The standard InChI is InChI=1S/C2H4O2.2Na.H2O4S.Sr.4H/c1-2(3)4;;;1-5(2,3)4;;;;;/h1H3,(H,3,4);;;(H2,1,2,3,4);;;;;. The Bertz CT molecular complexity index is 166. The molecule has 0 fully saturated rings. The molecule has 0 aliphatic carbocycles. The minimum atomic E-state index is -4.67. The van der Waals surface area contributed by atoms with Crippen molar-refractivity contribution in [3.8, 4) is 0 Å². The van der Waals surface area contributed by atoms with Crippen LogP contribution in [0.15, 0.2) is 0 Å². The minimum absolute atomic E-state index is 0. The molecular formula is C2H10Na2O6SSr. The zero-order chi connectivity index (χ0) is 8.08. The van der Waals surface area contributed by atoms with Crippen molar-refractivity contribution in [2.75, 3.05) is 0 Å². The first-order valence-corrected chi connectivity index (χ1v) is 3.02. The monoisotopic (exact) mass is 296 g/mol. The van der Waals surface area contributed by atoms with Crippen LogP contribution in [0.5, 0.6) is 0 Å². The van der Waals surface area contributed by atoms with E-state index < -0.39 is 16.4 Å². The SMILES string of the molecule is CC(=O)O.O=S(=O)(O)O.[NaH].[NaH].[SrH2]. The average Bonchev–Trinajstić information content (AvgIpc) is 1.19. The van der Waals surface area contributed by atoms with Gasteiger partial charge in [0.1, 0.15) is 0 Å². The third kappa shape index (κ3) is 225. The summed E-state index contributed by atoms with van der Waals surface area (Å²) in [6.07, 6.45) is 0. The quantitative estimate of drug-likeness (QED) is 0.329. The van der Waals surface area contributed by atoms with Crippen LogP contribution in [0.1, 0.15) is 6.92 Å². The van der Waals surface area contributed by atoms with E-state index in [1.807, 2.05) is 0 Å². The van der Waals surface area contributed by atoms with E-state index in [1.165, 1.54) is 0 Å². The first-order chi connectivity index (χ1) is 3.73. The van der Waals surface area contributed by atoms with Gasteiger partial charge in [0.15, 0.2) is 0 Å². The molecule has 0 aromatic rings. The van der Waals surface area contributed by atoms with Gasteiger partial charge < -0.3 is 5.11 Å². The molecule has 0 rings (SSSR count). The third-order valence-corrected chi connectivity index (χ3v) is 0. The number of carbonyl (C=O) groups is 1. The molecule has 0 bridgehead atoms. The number of hydrogen-bond acceptors (Lipinski definition) is 3. The molecule has 0 aromatic heterocycles. The average molecular weight is 296 g/mol. The van der Waals surface area contributed by atoms with E-state index >= 15 is 0 Å². The second-order valence-corrected chi connectivity index (χ2v) is 1.86. The Hall–Kier alpha value is 2.82. The molecule has 0 atom stereocenters. The topological polar surface area (TPSA) is 112 Å². The summed E-state index contributed by atoms with van der Waals surface area (Å²) in [4.78, 5) is 9.00. The van der Waals surface area contributed by atoms with Gasteiger partial charge in [-0.2, -0.15) is 8.42 Å². The van der Waals surface area contributed by atoms with Crippen molar-refractivity contribution in [3.05, 3.63) is 0 Å². The summed E-state index contributed by atoms with van der Waals surface area (Å²) >= 11 is 0. The molecule has 0 saturated carbocycles. The van der Waals surface area contributed by atoms with E-state index in [0.29, 0.717) is 0 Å². The summed E-state index contributed by atoms with van der Waals surface area (Å²) in [7, 11) is -4.67. The number of aliphatic carboxylic acids is 1. The van der Waals surface area contributed by atoms with Gasteiger partial charge in [-0.1, -0.05) is 0 Å². The molecule has 0 aromatic carbocycles. The molecule has 0 spiro atoms. The number of carboxylic acid groups (broad SMARTS) is 1. The molecule has 0 radical (unpaired) electrons. The van der Waals surface area contributed by atoms with Gasteiger partial charge in [0.05, 0.1) is 0 Å². The van der Waals surface area contributed by atoms with Crippen molar-refractivity contribution in [2.24, 2.45) is 0 Å². The molecule has 0 amide bonds. The van der Waals surface area contributed by atoms with Crippen molar-refractivity contribution in [1.29, 1.82) is 0 Å². The van der Waals surface area contributed by atoms with E-state index in [0.717, 1.165) is 6.92 Å². The second kappa shape index (κ2) is 16.3. The summed E-state index contributed by atoms with van der Waals surface area (Å²) < 4.78 is 31.6. The zero-order valence-electron chi connectivity index (χ0n) is 4.47. The Kier molecular flexibility index (Phi) is 39.8. The van der Waals surface area contributed by atoms with Crippen LogP contribution in [0.4, 0.5) is 0 Å². The van der Waals surface area contributed by atoms with Crippen molar-refractivity contribution in [3.63, 3.8) is 0 Å². The molecule has 6 nitrogen and oxygen atoms in total. The number of carboxylic acids is 1. The molecule has 3 N–H and O–H groups in total. The van der Waals surface area contributed by atoms with E-state index in [9.17, 15) is 0 Å². The summed E-state index contributed by atoms with van der Waals surface area (Å²) in [5.74, 6) is -0.833. The van der Waals surface area contributed by atoms with Crippen LogP contribution in [0.2, 0.25) is 0 Å². The van der Waals surface area contributed by atoms with Gasteiger partial charge in [-0.25, -0.2) is 0 Å². The van der Waals surface area contributed by atoms with Gasteiger partial charge in [0.25, 0.3) is 5.97 Å². The fourth-order valence-corrected chi connectivity index (χ4v) is 0. The molecule has 0 heterocycles. The Balaban J connectivity index is -0.0000000221. The molecule has 0 aliphatic rings. The number of hydrogen-bond donors (Lipinski definition) is 3. The molecular weight excluding hydrogens is 286 g/mol.